The first-order valence-electron chi connectivity index (χ1n) is 15.8. The zero-order valence-corrected chi connectivity index (χ0v) is 25.7. The summed E-state index contributed by atoms with van der Waals surface area (Å²) in [6.45, 7) is 4.48. The third-order valence-corrected chi connectivity index (χ3v) is 8.78. The number of nitrogens with one attached hydrogen (secondary N) is 2. The van der Waals surface area contributed by atoms with Crippen LogP contribution in [-0.2, 0) is 6.42 Å². The second kappa shape index (κ2) is 12.8. The predicted octanol–water partition coefficient (Wildman–Crippen LogP) is 9.90. The van der Waals surface area contributed by atoms with Crippen molar-refractivity contribution >= 4 is 5.84 Å². The minimum atomic E-state index is -0.171. The van der Waals surface area contributed by atoms with Gasteiger partial charge in [-0.2, -0.15) is 0 Å². The average molecular weight is 584 g/mol. The van der Waals surface area contributed by atoms with Crippen LogP contribution in [0.25, 0.3) is 33.4 Å². The summed E-state index contributed by atoms with van der Waals surface area (Å²) in [6, 6.07) is 53.9. The summed E-state index contributed by atoms with van der Waals surface area (Å²) in [7, 11) is 0. The number of hydrogen-bond acceptors (Lipinski definition) is 3. The Kier molecular flexibility index (Phi) is 8.09. The van der Waals surface area contributed by atoms with Crippen LogP contribution >= 0.6 is 0 Å². The smallest absolute Gasteiger partial charge is 0.132 e. The largest absolute Gasteiger partial charge is 0.350 e. The van der Waals surface area contributed by atoms with Gasteiger partial charge < -0.3 is 5.32 Å². The molecule has 0 fully saturated rings. The van der Waals surface area contributed by atoms with Gasteiger partial charge >= 0.3 is 0 Å². The Bertz CT molecular complexity index is 1950. The molecule has 220 valence electrons. The van der Waals surface area contributed by atoms with Gasteiger partial charge in [0.25, 0.3) is 0 Å². The first-order chi connectivity index (χ1) is 22.2. The van der Waals surface area contributed by atoms with Crippen molar-refractivity contribution in [2.24, 2.45) is 4.99 Å². The maximum absolute atomic E-state index is 5.26. The van der Waals surface area contributed by atoms with Crippen molar-refractivity contribution in [1.82, 2.24) is 10.6 Å². The quantitative estimate of drug-likeness (QED) is 0.196. The number of nitrogens with zero attached hydrogens (tertiary/aromatic N) is 1. The minimum absolute atomic E-state index is 0.0776. The molecule has 2 atom stereocenters. The fraction of sp³-hybridized carbons (Fsp3) is 0.119. The normalized spacial score (nSPS) is 16.1. The van der Waals surface area contributed by atoms with Crippen molar-refractivity contribution in [2.75, 3.05) is 0 Å². The van der Waals surface area contributed by atoms with E-state index in [9.17, 15) is 0 Å². The van der Waals surface area contributed by atoms with Gasteiger partial charge in [-0.25, -0.2) is 4.99 Å². The van der Waals surface area contributed by atoms with Crippen molar-refractivity contribution in [3.8, 4) is 33.4 Å². The van der Waals surface area contributed by atoms with Crippen LogP contribution in [-0.4, -0.2) is 5.84 Å². The molecule has 1 aliphatic rings. The van der Waals surface area contributed by atoms with Crippen LogP contribution in [0.2, 0.25) is 0 Å². The molecule has 6 aromatic carbocycles. The second-order valence-electron chi connectivity index (χ2n) is 11.6. The molecule has 0 saturated carbocycles. The Morgan fingerprint density at radius 3 is 1.87 bits per heavy atom. The number of rotatable bonds is 7. The van der Waals surface area contributed by atoms with Crippen LogP contribution in [0.1, 0.15) is 47.1 Å². The van der Waals surface area contributed by atoms with Gasteiger partial charge in [-0.1, -0.05) is 153 Å². The molecule has 7 rings (SSSR count). The Morgan fingerprint density at radius 2 is 1.13 bits per heavy atom. The van der Waals surface area contributed by atoms with E-state index in [1.807, 2.05) is 0 Å². The molecule has 2 unspecified atom stereocenters. The Hall–Kier alpha value is -5.25. The third kappa shape index (κ3) is 5.83. The molecule has 0 amide bonds. The Morgan fingerprint density at radius 1 is 0.556 bits per heavy atom. The molecule has 0 aromatic heterocycles. The van der Waals surface area contributed by atoms with Gasteiger partial charge in [-0.15, -0.1) is 0 Å². The van der Waals surface area contributed by atoms with Gasteiger partial charge in [0, 0.05) is 5.56 Å². The lowest BCUT2D eigenvalue weighted by Crippen LogP contribution is -2.45. The van der Waals surface area contributed by atoms with E-state index in [1.54, 1.807) is 0 Å². The fourth-order valence-corrected chi connectivity index (χ4v) is 6.43. The van der Waals surface area contributed by atoms with Crippen molar-refractivity contribution in [2.45, 2.75) is 32.6 Å². The molecule has 0 radical (unpaired) electrons. The van der Waals surface area contributed by atoms with E-state index in [-0.39, 0.29) is 12.3 Å². The first-order valence-corrected chi connectivity index (χ1v) is 15.8. The van der Waals surface area contributed by atoms with Crippen molar-refractivity contribution in [3.05, 3.63) is 179 Å². The summed E-state index contributed by atoms with van der Waals surface area (Å²) in [4.78, 5) is 5.26. The zero-order chi connectivity index (χ0) is 30.6. The van der Waals surface area contributed by atoms with Crippen LogP contribution < -0.4 is 10.6 Å². The molecule has 1 heterocycles. The number of amidine groups is 1. The Balaban J connectivity index is 1.35. The second-order valence-corrected chi connectivity index (χ2v) is 11.6. The van der Waals surface area contributed by atoms with Crippen LogP contribution in [0.3, 0.4) is 0 Å². The van der Waals surface area contributed by atoms with Crippen LogP contribution in [0, 0.1) is 6.92 Å². The van der Waals surface area contributed by atoms with Crippen molar-refractivity contribution in [1.29, 1.82) is 0 Å². The molecular formula is C42H37N3. The highest BCUT2D eigenvalue weighted by Crippen LogP contribution is 2.39. The molecular weight excluding hydrogens is 546 g/mol. The number of hydrogen-bond donors (Lipinski definition) is 2. The van der Waals surface area contributed by atoms with Gasteiger partial charge in [-0.3, -0.25) is 5.32 Å². The minimum Gasteiger partial charge on any atom is -0.350 e. The van der Waals surface area contributed by atoms with E-state index in [2.05, 4.69) is 176 Å². The maximum Gasteiger partial charge on any atom is 0.132 e. The number of aliphatic imine (C=N–C) groups is 1. The van der Waals surface area contributed by atoms with Gasteiger partial charge in [0.2, 0.25) is 0 Å². The lowest BCUT2D eigenvalue weighted by molar-refractivity contribution is 0.409. The molecule has 3 nitrogen and oxygen atoms in total. The highest BCUT2D eigenvalue weighted by molar-refractivity contribution is 6.03. The molecule has 0 spiro atoms. The highest BCUT2D eigenvalue weighted by atomic mass is 15.3. The molecule has 0 aliphatic carbocycles. The summed E-state index contributed by atoms with van der Waals surface area (Å²) < 4.78 is 0. The van der Waals surface area contributed by atoms with Crippen molar-refractivity contribution < 1.29 is 0 Å². The molecule has 3 heteroatoms. The number of benzene rings is 6. The molecule has 2 N–H and O–H groups in total. The van der Waals surface area contributed by atoms with Gasteiger partial charge in [0.15, 0.2) is 0 Å². The third-order valence-electron chi connectivity index (χ3n) is 8.78. The van der Waals surface area contributed by atoms with Gasteiger partial charge in [0.1, 0.15) is 18.2 Å². The standard InChI is InChI=1S/C42H37N3/c1-3-30-22-14-27-38(35-24-13-23-34(28-35)31-16-7-4-8-17-31)39(30)36-25-15-26-37(29(36)2)42-44-40(32-18-9-5-10-19-32)43-41(45-42)33-20-11-6-12-21-33/h4-28,40-41,43H,3H2,1-2H3,(H,44,45). The van der Waals surface area contributed by atoms with E-state index in [1.165, 1.54) is 50.1 Å². The summed E-state index contributed by atoms with van der Waals surface area (Å²) in [5.74, 6) is 0.900. The van der Waals surface area contributed by atoms with E-state index < -0.39 is 0 Å². The summed E-state index contributed by atoms with van der Waals surface area (Å²) in [6.07, 6.45) is 0.696. The number of aryl methyl sites for hydroxylation is 1. The van der Waals surface area contributed by atoms with Gasteiger partial charge in [-0.05, 0) is 75.0 Å². The fourth-order valence-electron chi connectivity index (χ4n) is 6.43. The summed E-state index contributed by atoms with van der Waals surface area (Å²) >= 11 is 0. The van der Waals surface area contributed by atoms with Crippen molar-refractivity contribution in [3.63, 3.8) is 0 Å². The average Bonchev–Trinajstić information content (AvgIpc) is 3.12. The lowest BCUT2D eigenvalue weighted by Gasteiger charge is -2.33. The monoisotopic (exact) mass is 583 g/mol. The lowest BCUT2D eigenvalue weighted by atomic mass is 9.85. The van der Waals surface area contributed by atoms with E-state index in [4.69, 9.17) is 4.99 Å². The van der Waals surface area contributed by atoms with Crippen LogP contribution in [0.15, 0.2) is 157 Å². The van der Waals surface area contributed by atoms with E-state index >= 15 is 0 Å². The SMILES string of the molecule is CCc1cccc(-c2cccc(-c3ccccc3)c2)c1-c1cccc(C2=NC(c3ccccc3)NC(c3ccccc3)N2)c1C. The van der Waals surface area contributed by atoms with Crippen LogP contribution in [0.4, 0.5) is 0 Å². The summed E-state index contributed by atoms with van der Waals surface area (Å²) in [5.41, 5.74) is 13.4. The molecule has 1 aliphatic heterocycles. The molecule has 45 heavy (non-hydrogen) atoms. The van der Waals surface area contributed by atoms with Crippen LogP contribution in [0.5, 0.6) is 0 Å². The molecule has 6 aromatic rings. The molecule has 0 saturated heterocycles. The maximum atomic E-state index is 5.26. The predicted molar refractivity (Wildman–Crippen MR) is 188 cm³/mol. The zero-order valence-electron chi connectivity index (χ0n) is 25.7. The first kappa shape index (κ1) is 28.5. The van der Waals surface area contributed by atoms with Gasteiger partial charge in [0.05, 0.1) is 0 Å². The summed E-state index contributed by atoms with van der Waals surface area (Å²) in [5, 5.41) is 7.47. The molecule has 0 bridgehead atoms. The van der Waals surface area contributed by atoms with E-state index in [0.717, 1.165) is 23.4 Å². The van der Waals surface area contributed by atoms with E-state index in [0.29, 0.717) is 0 Å². The highest BCUT2D eigenvalue weighted by Gasteiger charge is 2.27. The topological polar surface area (TPSA) is 36.4 Å². The Labute approximate surface area is 266 Å².